The van der Waals surface area contributed by atoms with Crippen molar-refractivity contribution in [2.75, 3.05) is 19.6 Å². The molecule has 1 atom stereocenters. The molecular formula is C24H31N3O4. The summed E-state index contributed by atoms with van der Waals surface area (Å²) in [5.41, 5.74) is 2.35. The number of aromatic nitrogens is 1. The largest absolute Gasteiger partial charge is 0.420 e. The summed E-state index contributed by atoms with van der Waals surface area (Å²) in [6.45, 7) is 3.50. The maximum atomic E-state index is 12.5. The molecule has 0 bridgehead atoms. The summed E-state index contributed by atoms with van der Waals surface area (Å²) in [4.78, 5) is 38.8. The summed E-state index contributed by atoms with van der Waals surface area (Å²) in [5.74, 6) is 0.0814. The van der Waals surface area contributed by atoms with Gasteiger partial charge in [0.05, 0.1) is 5.52 Å². The number of nitrogens with zero attached hydrogens (tertiary/aromatic N) is 2. The van der Waals surface area contributed by atoms with Crippen LogP contribution in [0.15, 0.2) is 27.4 Å². The van der Waals surface area contributed by atoms with Crippen molar-refractivity contribution in [1.82, 2.24) is 14.8 Å². The van der Waals surface area contributed by atoms with Crippen LogP contribution in [0.25, 0.3) is 11.1 Å². The molecule has 1 aliphatic carbocycles. The summed E-state index contributed by atoms with van der Waals surface area (Å²) in [6.07, 6.45) is 9.76. The highest BCUT2D eigenvalue weighted by molar-refractivity contribution is 6.00. The van der Waals surface area contributed by atoms with Crippen molar-refractivity contribution in [2.45, 2.75) is 69.7 Å². The zero-order valence-electron chi connectivity index (χ0n) is 18.0. The van der Waals surface area contributed by atoms with E-state index < -0.39 is 17.7 Å². The minimum Gasteiger partial charge on any atom is -0.408 e. The Morgan fingerprint density at radius 2 is 1.74 bits per heavy atom. The van der Waals surface area contributed by atoms with Crippen LogP contribution >= 0.6 is 0 Å². The van der Waals surface area contributed by atoms with Crippen molar-refractivity contribution in [1.29, 1.82) is 0 Å². The number of piperidine rings is 2. The quantitative estimate of drug-likeness (QED) is 0.760. The van der Waals surface area contributed by atoms with Gasteiger partial charge >= 0.3 is 5.76 Å². The highest BCUT2D eigenvalue weighted by Crippen LogP contribution is 2.32. The number of hydrogen-bond donors (Lipinski definition) is 1. The third-order valence-electron chi connectivity index (χ3n) is 7.46. The number of carbonyl (C=O) groups excluding carboxylic acids is 2. The van der Waals surface area contributed by atoms with E-state index in [2.05, 4.69) is 16.3 Å². The van der Waals surface area contributed by atoms with Gasteiger partial charge in [0.2, 0.25) is 11.8 Å². The molecule has 31 heavy (non-hydrogen) atoms. The second kappa shape index (κ2) is 8.61. The van der Waals surface area contributed by atoms with Gasteiger partial charge in [-0.15, -0.1) is 0 Å². The molecule has 5 rings (SSSR count). The molecule has 2 aromatic rings. The number of likely N-dealkylation sites (tertiary alicyclic amines) is 1. The van der Waals surface area contributed by atoms with Gasteiger partial charge in [-0.1, -0.05) is 25.3 Å². The van der Waals surface area contributed by atoms with E-state index in [1.165, 1.54) is 48.8 Å². The zero-order valence-corrected chi connectivity index (χ0v) is 18.0. The minimum atomic E-state index is -0.694. The summed E-state index contributed by atoms with van der Waals surface area (Å²) in [5, 5.41) is 2.32. The van der Waals surface area contributed by atoms with E-state index in [-0.39, 0.29) is 12.3 Å². The number of carbonyl (C=O) groups is 2. The number of amides is 2. The number of fused-ring (bicyclic) bond motifs is 1. The van der Waals surface area contributed by atoms with Crippen LogP contribution in [-0.4, -0.2) is 40.9 Å². The highest BCUT2D eigenvalue weighted by Gasteiger charge is 2.31. The lowest BCUT2D eigenvalue weighted by molar-refractivity contribution is -0.135. The number of nitrogens with one attached hydrogen (secondary N) is 1. The van der Waals surface area contributed by atoms with Gasteiger partial charge in [-0.05, 0) is 74.7 Å². The van der Waals surface area contributed by atoms with Crippen molar-refractivity contribution in [3.63, 3.8) is 0 Å². The van der Waals surface area contributed by atoms with Crippen LogP contribution in [0.4, 0.5) is 0 Å². The van der Waals surface area contributed by atoms with Gasteiger partial charge in [0.15, 0.2) is 5.58 Å². The molecule has 0 radical (unpaired) electrons. The number of hydrogen-bond acceptors (Lipinski definition) is 5. The number of oxazole rings is 1. The molecular weight excluding hydrogens is 394 g/mol. The zero-order chi connectivity index (χ0) is 21.4. The van der Waals surface area contributed by atoms with Gasteiger partial charge in [-0.25, -0.2) is 4.79 Å². The molecule has 7 nitrogen and oxygen atoms in total. The van der Waals surface area contributed by atoms with Gasteiger partial charge < -0.3 is 9.32 Å². The Morgan fingerprint density at radius 1 is 0.968 bits per heavy atom. The molecule has 3 aliphatic rings. The molecule has 2 amide bonds. The smallest absolute Gasteiger partial charge is 0.408 e. The molecule has 1 N–H and O–H groups in total. The molecule has 2 saturated heterocycles. The van der Waals surface area contributed by atoms with Gasteiger partial charge in [0.1, 0.15) is 6.04 Å². The molecule has 0 spiro atoms. The molecule has 166 valence electrons. The molecule has 3 fully saturated rings. The van der Waals surface area contributed by atoms with Crippen molar-refractivity contribution in [3.05, 3.63) is 34.3 Å². The Labute approximate surface area is 181 Å². The van der Waals surface area contributed by atoms with Crippen molar-refractivity contribution in [3.8, 4) is 0 Å². The van der Waals surface area contributed by atoms with E-state index >= 15 is 0 Å². The lowest BCUT2D eigenvalue weighted by atomic mass is 9.86. The van der Waals surface area contributed by atoms with Gasteiger partial charge in [-0.3, -0.25) is 19.5 Å². The first-order chi connectivity index (χ1) is 15.1. The second-order valence-corrected chi connectivity index (χ2v) is 9.51. The maximum absolute atomic E-state index is 12.5. The minimum absolute atomic E-state index is 0.229. The fraction of sp³-hybridized carbons (Fsp3) is 0.625. The van der Waals surface area contributed by atoms with Gasteiger partial charge in [-0.2, -0.15) is 0 Å². The second-order valence-electron chi connectivity index (χ2n) is 9.51. The Balaban J connectivity index is 1.28. The molecule has 1 unspecified atom stereocenters. The van der Waals surface area contributed by atoms with Crippen LogP contribution < -0.4 is 11.1 Å². The topological polar surface area (TPSA) is 84.6 Å². The first-order valence-electron chi connectivity index (χ1n) is 11.8. The Bertz CT molecular complexity index is 1030. The predicted octanol–water partition coefficient (Wildman–Crippen LogP) is 3.33. The van der Waals surface area contributed by atoms with E-state index in [1.807, 2.05) is 12.1 Å². The summed E-state index contributed by atoms with van der Waals surface area (Å²) in [7, 11) is 0. The summed E-state index contributed by atoms with van der Waals surface area (Å²) >= 11 is 0. The van der Waals surface area contributed by atoms with Crippen molar-refractivity contribution in [2.24, 2.45) is 5.92 Å². The average molecular weight is 426 g/mol. The summed E-state index contributed by atoms with van der Waals surface area (Å²) in [6, 6.07) is 5.25. The number of benzene rings is 1. The Hall–Kier alpha value is -2.41. The predicted molar refractivity (Wildman–Crippen MR) is 117 cm³/mol. The van der Waals surface area contributed by atoms with Gasteiger partial charge in [0.25, 0.3) is 0 Å². The van der Waals surface area contributed by atoms with Crippen LogP contribution in [-0.2, 0) is 9.59 Å². The maximum Gasteiger partial charge on any atom is 0.420 e. The van der Waals surface area contributed by atoms with Crippen LogP contribution in [0, 0.1) is 5.92 Å². The molecule has 1 aromatic heterocycles. The van der Waals surface area contributed by atoms with Crippen LogP contribution in [0.2, 0.25) is 0 Å². The third-order valence-corrected chi connectivity index (χ3v) is 7.46. The number of rotatable bonds is 4. The van der Waals surface area contributed by atoms with Crippen molar-refractivity contribution < 1.29 is 14.0 Å². The third kappa shape index (κ3) is 4.20. The molecule has 3 heterocycles. The first-order valence-corrected chi connectivity index (χ1v) is 11.8. The molecule has 1 aromatic carbocycles. The highest BCUT2D eigenvalue weighted by atomic mass is 16.4. The van der Waals surface area contributed by atoms with E-state index in [0.29, 0.717) is 23.4 Å². The normalized spacial score (nSPS) is 24.6. The monoisotopic (exact) mass is 425 g/mol. The molecule has 7 heteroatoms. The lowest BCUT2D eigenvalue weighted by Gasteiger charge is -2.35. The average Bonchev–Trinajstić information content (AvgIpc) is 3.10. The Morgan fingerprint density at radius 3 is 2.48 bits per heavy atom. The van der Waals surface area contributed by atoms with E-state index in [0.717, 1.165) is 31.8 Å². The van der Waals surface area contributed by atoms with Gasteiger partial charge in [0, 0.05) is 13.0 Å². The molecule has 1 saturated carbocycles. The van der Waals surface area contributed by atoms with Crippen LogP contribution in [0.5, 0.6) is 0 Å². The summed E-state index contributed by atoms with van der Waals surface area (Å²) < 4.78 is 6.91. The van der Waals surface area contributed by atoms with Crippen LogP contribution in [0.3, 0.4) is 0 Å². The van der Waals surface area contributed by atoms with E-state index in [4.69, 9.17) is 4.42 Å². The van der Waals surface area contributed by atoms with E-state index in [1.54, 1.807) is 0 Å². The Kier molecular flexibility index (Phi) is 5.69. The SMILES string of the molecule is O=C1CCC(n2c(=O)oc3cc(C4CCN(CC5CCCCC5)CC4)ccc32)C(=O)N1. The van der Waals surface area contributed by atoms with Crippen LogP contribution in [0.1, 0.15) is 75.3 Å². The fourth-order valence-electron chi connectivity index (χ4n) is 5.71. The fourth-order valence-corrected chi connectivity index (χ4v) is 5.71. The molecule has 2 aliphatic heterocycles. The first kappa shape index (κ1) is 20.5. The van der Waals surface area contributed by atoms with Crippen molar-refractivity contribution >= 4 is 22.9 Å². The lowest BCUT2D eigenvalue weighted by Crippen LogP contribution is -2.43. The van der Waals surface area contributed by atoms with E-state index in [9.17, 15) is 14.4 Å². The number of imide groups is 1. The standard InChI is InChI=1S/C24H31N3O4/c28-22-9-8-20(23(29)25-22)27-19-7-6-18(14-21(19)31-24(27)30)17-10-12-26(13-11-17)15-16-4-2-1-3-5-16/h6-7,14,16-17,20H,1-5,8-13,15H2,(H,25,28,29).